The predicted molar refractivity (Wildman–Crippen MR) is 155 cm³/mol. The lowest BCUT2D eigenvalue weighted by Gasteiger charge is -2.52. The van der Waals surface area contributed by atoms with Gasteiger partial charge >= 0.3 is 0 Å². The molecule has 2 heterocycles. The molecule has 1 spiro atoms. The molecule has 2 aliphatic heterocycles. The van der Waals surface area contributed by atoms with Crippen LogP contribution >= 0.6 is 0 Å². The molecular weight excluding hydrogens is 458 g/mol. The number of carboxylic acid groups (broad SMARTS) is 1. The van der Waals surface area contributed by atoms with Crippen molar-refractivity contribution in [1.82, 2.24) is 5.32 Å². The van der Waals surface area contributed by atoms with Crippen LogP contribution in [-0.4, -0.2) is 35.4 Å². The first-order valence-corrected chi connectivity index (χ1v) is 16.0. The number of nitrogens with one attached hydrogen (secondary N) is 1. The van der Waals surface area contributed by atoms with Gasteiger partial charge in [0.15, 0.2) is 0 Å². The number of hydrogen-bond acceptors (Lipinski definition) is 3. The summed E-state index contributed by atoms with van der Waals surface area (Å²) in [5.41, 5.74) is 4.44. The monoisotopic (exact) mass is 517 g/mol. The lowest BCUT2D eigenvalue weighted by Crippen LogP contribution is -2.45. The van der Waals surface area contributed by atoms with Crippen LogP contribution in [0.1, 0.15) is 132 Å². The summed E-state index contributed by atoms with van der Waals surface area (Å²) in [6.07, 6.45) is 17.4. The van der Waals surface area contributed by atoms with Crippen molar-refractivity contribution in [3.05, 3.63) is 11.1 Å². The van der Waals surface area contributed by atoms with Crippen molar-refractivity contribution >= 4 is 5.97 Å². The fourth-order valence-electron chi connectivity index (χ4n) is 9.48. The van der Waals surface area contributed by atoms with E-state index >= 15 is 0 Å². The van der Waals surface area contributed by atoms with E-state index in [0.717, 1.165) is 36.5 Å². The predicted octanol–water partition coefficient (Wildman–Crippen LogP) is 8.40. The van der Waals surface area contributed by atoms with Gasteiger partial charge in [-0.2, -0.15) is 0 Å². The summed E-state index contributed by atoms with van der Waals surface area (Å²) < 4.78 is 6.92. The molecule has 4 nitrogen and oxygen atoms in total. The molecule has 4 aliphatic carbocycles. The van der Waals surface area contributed by atoms with Gasteiger partial charge in [0, 0.05) is 13.0 Å². The van der Waals surface area contributed by atoms with Gasteiger partial charge in [-0.3, -0.25) is 4.79 Å². The van der Waals surface area contributed by atoms with E-state index in [1.807, 2.05) is 33.3 Å². The van der Waals surface area contributed by atoms with Crippen molar-refractivity contribution in [1.29, 1.82) is 0 Å². The van der Waals surface area contributed by atoms with Crippen molar-refractivity contribution < 1.29 is 14.6 Å². The molecule has 6 rings (SSSR count). The van der Waals surface area contributed by atoms with Crippen LogP contribution in [0.3, 0.4) is 0 Å². The smallest absolute Gasteiger partial charge is 0.300 e. The average Bonchev–Trinajstić information content (AvgIpc) is 3.39. The summed E-state index contributed by atoms with van der Waals surface area (Å²) in [5, 5.41) is 11.2. The second kappa shape index (κ2) is 13.0. The Morgan fingerprint density at radius 3 is 2.46 bits per heavy atom. The second-order valence-electron chi connectivity index (χ2n) is 13.0. The fraction of sp³-hybridized carbons (Fsp3) is 0.909. The fourth-order valence-corrected chi connectivity index (χ4v) is 9.48. The molecule has 214 valence electrons. The molecule has 0 bridgehead atoms. The minimum Gasteiger partial charge on any atom is -0.481 e. The molecule has 2 N–H and O–H groups in total. The SMILES string of the molecule is CC.CC.CC(=O)O.CC1=C2CC3C(CCC4CCCCC43C)C2CCC2(C1)CC1NCC(C)CC1O2. The number of aliphatic carboxylic acids is 1. The standard InChI is InChI=1S/C27H43NO.C2H4O2.2C2H6/c1-17-12-25-24(28-16-17)15-27(29-25)11-9-20-21-8-7-19-6-4-5-10-26(19,3)23(21)13-22(20)18(2)14-27;1-2(3)4;2*1-2/h17,19-21,23-25,28H,4-16H2,1-3H3;1H3,(H,3,4);2*1-2H3. The molecule has 2 saturated heterocycles. The molecule has 0 radical (unpaired) electrons. The van der Waals surface area contributed by atoms with Crippen LogP contribution in [0.5, 0.6) is 0 Å². The highest BCUT2D eigenvalue weighted by Gasteiger charge is 2.57. The average molecular weight is 518 g/mol. The van der Waals surface area contributed by atoms with Gasteiger partial charge in [0.05, 0.1) is 11.7 Å². The van der Waals surface area contributed by atoms with Crippen molar-refractivity contribution in [2.24, 2.45) is 35.0 Å². The summed E-state index contributed by atoms with van der Waals surface area (Å²) in [4.78, 5) is 9.00. The lowest BCUT2D eigenvalue weighted by molar-refractivity contribution is -0.134. The summed E-state index contributed by atoms with van der Waals surface area (Å²) in [7, 11) is 0. The van der Waals surface area contributed by atoms with E-state index in [1.165, 1.54) is 83.6 Å². The quantitative estimate of drug-likeness (QED) is 0.317. The van der Waals surface area contributed by atoms with Crippen molar-refractivity contribution in [3.63, 3.8) is 0 Å². The largest absolute Gasteiger partial charge is 0.481 e. The van der Waals surface area contributed by atoms with Crippen LogP contribution in [0.2, 0.25) is 0 Å². The third-order valence-electron chi connectivity index (χ3n) is 10.9. The van der Waals surface area contributed by atoms with Crippen LogP contribution in [0.25, 0.3) is 0 Å². The first kappa shape index (κ1) is 30.7. The van der Waals surface area contributed by atoms with Gasteiger partial charge in [-0.25, -0.2) is 0 Å². The van der Waals surface area contributed by atoms with Crippen molar-refractivity contribution in [3.8, 4) is 0 Å². The maximum atomic E-state index is 9.00. The molecule has 0 aromatic rings. The van der Waals surface area contributed by atoms with Gasteiger partial charge in [0.1, 0.15) is 0 Å². The molecule has 0 amide bonds. The highest BCUT2D eigenvalue weighted by molar-refractivity contribution is 5.62. The molecule has 4 heteroatoms. The number of ether oxygens (including phenoxy) is 1. The third-order valence-corrected chi connectivity index (χ3v) is 10.9. The van der Waals surface area contributed by atoms with Gasteiger partial charge in [-0.1, -0.05) is 65.5 Å². The third kappa shape index (κ3) is 6.32. The van der Waals surface area contributed by atoms with Gasteiger partial charge in [0.2, 0.25) is 0 Å². The van der Waals surface area contributed by atoms with Crippen LogP contribution in [-0.2, 0) is 9.53 Å². The molecule has 5 fully saturated rings. The zero-order valence-corrected chi connectivity index (χ0v) is 25.5. The number of carboxylic acids is 1. The van der Waals surface area contributed by atoms with E-state index in [2.05, 4.69) is 26.1 Å². The Labute approximate surface area is 228 Å². The summed E-state index contributed by atoms with van der Waals surface area (Å²) in [6.45, 7) is 17.8. The maximum absolute atomic E-state index is 9.00. The molecule has 0 aromatic carbocycles. The number of hydrogen-bond donors (Lipinski definition) is 2. The van der Waals surface area contributed by atoms with Gasteiger partial charge in [-0.05, 0) is 113 Å². The van der Waals surface area contributed by atoms with Gasteiger partial charge in [-0.15, -0.1) is 0 Å². The molecule has 9 atom stereocenters. The van der Waals surface area contributed by atoms with E-state index < -0.39 is 5.97 Å². The zero-order valence-electron chi connectivity index (χ0n) is 25.5. The number of fused-ring (bicyclic) bond motifs is 6. The zero-order chi connectivity index (χ0) is 27.4. The minimum atomic E-state index is -0.833. The molecular formula is C33H59NO3. The first-order chi connectivity index (χ1) is 17.7. The van der Waals surface area contributed by atoms with Crippen LogP contribution in [0.4, 0.5) is 0 Å². The first-order valence-electron chi connectivity index (χ1n) is 16.0. The Bertz CT molecular complexity index is 788. The molecule has 3 saturated carbocycles. The second-order valence-corrected chi connectivity index (χ2v) is 13.0. The Balaban J connectivity index is 0.000000429. The molecule has 0 aromatic heterocycles. The number of piperidine rings is 1. The number of rotatable bonds is 0. The minimum absolute atomic E-state index is 0.148. The van der Waals surface area contributed by atoms with Crippen molar-refractivity contribution in [2.75, 3.05) is 6.54 Å². The summed E-state index contributed by atoms with van der Waals surface area (Å²) in [6, 6.07) is 0.617. The summed E-state index contributed by atoms with van der Waals surface area (Å²) >= 11 is 0. The Morgan fingerprint density at radius 1 is 1.05 bits per heavy atom. The highest BCUT2D eigenvalue weighted by atomic mass is 16.5. The van der Waals surface area contributed by atoms with E-state index in [0.29, 0.717) is 17.6 Å². The highest BCUT2D eigenvalue weighted by Crippen LogP contribution is 2.65. The molecule has 9 unspecified atom stereocenters. The Hall–Kier alpha value is -0.870. The van der Waals surface area contributed by atoms with E-state index in [4.69, 9.17) is 14.6 Å². The van der Waals surface area contributed by atoms with Crippen molar-refractivity contribution in [2.45, 2.75) is 150 Å². The van der Waals surface area contributed by atoms with Crippen LogP contribution in [0.15, 0.2) is 11.1 Å². The van der Waals surface area contributed by atoms with Crippen LogP contribution in [0, 0.1) is 35.0 Å². The normalized spacial score (nSPS) is 43.7. The van der Waals surface area contributed by atoms with Gasteiger partial charge in [0.25, 0.3) is 5.97 Å². The maximum Gasteiger partial charge on any atom is 0.300 e. The Kier molecular flexibility index (Phi) is 10.8. The van der Waals surface area contributed by atoms with E-state index in [9.17, 15) is 0 Å². The van der Waals surface area contributed by atoms with Gasteiger partial charge < -0.3 is 15.2 Å². The Morgan fingerprint density at radius 2 is 1.76 bits per heavy atom. The van der Waals surface area contributed by atoms with E-state index in [1.54, 1.807) is 5.57 Å². The summed E-state index contributed by atoms with van der Waals surface area (Å²) in [5.74, 6) is 3.82. The topological polar surface area (TPSA) is 58.6 Å². The lowest BCUT2D eigenvalue weighted by atomic mass is 9.52. The molecule has 6 aliphatic rings. The van der Waals surface area contributed by atoms with E-state index in [-0.39, 0.29) is 5.60 Å². The molecule has 37 heavy (non-hydrogen) atoms. The number of allylic oxidation sites excluding steroid dienone is 1. The number of carbonyl (C=O) groups is 1. The van der Waals surface area contributed by atoms with Crippen LogP contribution < -0.4 is 5.32 Å².